The van der Waals surface area contributed by atoms with Gasteiger partial charge in [-0.15, -0.1) is 24.0 Å². The van der Waals surface area contributed by atoms with Gasteiger partial charge >= 0.3 is 0 Å². The molecule has 2 N–H and O–H groups in total. The van der Waals surface area contributed by atoms with Gasteiger partial charge in [-0.3, -0.25) is 4.99 Å². The summed E-state index contributed by atoms with van der Waals surface area (Å²) in [6, 6.07) is 6.37. The third-order valence-corrected chi connectivity index (χ3v) is 5.70. The zero-order valence-electron chi connectivity index (χ0n) is 15.2. The van der Waals surface area contributed by atoms with Crippen molar-refractivity contribution < 1.29 is 12.8 Å². The molecule has 6 nitrogen and oxygen atoms in total. The van der Waals surface area contributed by atoms with Gasteiger partial charge in [-0.05, 0) is 36.5 Å². The highest BCUT2D eigenvalue weighted by atomic mass is 127. The number of sulfonamides is 1. The fraction of sp³-hybridized carbons (Fsp3) is 0.588. The molecule has 0 spiro atoms. The molecule has 1 aromatic rings. The maximum Gasteiger partial charge on any atom is 0.213 e. The number of benzene rings is 1. The molecule has 0 unspecified atom stereocenters. The van der Waals surface area contributed by atoms with Gasteiger partial charge < -0.3 is 10.2 Å². The van der Waals surface area contributed by atoms with Crippen molar-refractivity contribution in [3.8, 4) is 0 Å². The van der Waals surface area contributed by atoms with E-state index in [1.807, 2.05) is 18.0 Å². The van der Waals surface area contributed by atoms with Gasteiger partial charge in [0.05, 0.1) is 5.75 Å². The molecule has 0 heterocycles. The Bertz CT molecular complexity index is 696. The lowest BCUT2D eigenvalue weighted by molar-refractivity contribution is 0.316. The second-order valence-electron chi connectivity index (χ2n) is 6.42. The zero-order valence-corrected chi connectivity index (χ0v) is 18.4. The summed E-state index contributed by atoms with van der Waals surface area (Å²) in [5, 5.41) is 3.04. The van der Waals surface area contributed by atoms with E-state index in [4.69, 9.17) is 0 Å². The number of halogens is 2. The Morgan fingerprint density at radius 3 is 2.69 bits per heavy atom. The van der Waals surface area contributed by atoms with E-state index in [-0.39, 0.29) is 42.1 Å². The van der Waals surface area contributed by atoms with Crippen LogP contribution in [0.25, 0.3) is 0 Å². The van der Waals surface area contributed by atoms with E-state index in [2.05, 4.69) is 15.0 Å². The van der Waals surface area contributed by atoms with Crippen molar-refractivity contribution in [1.82, 2.24) is 14.9 Å². The first-order valence-electron chi connectivity index (χ1n) is 8.53. The fourth-order valence-electron chi connectivity index (χ4n) is 2.68. The Morgan fingerprint density at radius 1 is 1.38 bits per heavy atom. The predicted molar refractivity (Wildman–Crippen MR) is 114 cm³/mol. The van der Waals surface area contributed by atoms with Crippen LogP contribution in [0.2, 0.25) is 0 Å². The minimum atomic E-state index is -3.28. The SMILES string of the molecule is CN=C(NCCS(=O)(=O)NCC1CCC1)N(C)Cc1cccc(F)c1.I. The second-order valence-corrected chi connectivity index (χ2v) is 8.35. The van der Waals surface area contributed by atoms with Crippen molar-refractivity contribution >= 4 is 40.0 Å². The van der Waals surface area contributed by atoms with Crippen LogP contribution in [-0.2, 0) is 16.6 Å². The highest BCUT2D eigenvalue weighted by Gasteiger charge is 2.20. The summed E-state index contributed by atoms with van der Waals surface area (Å²) in [5.74, 6) is 0.774. The lowest BCUT2D eigenvalue weighted by Crippen LogP contribution is -2.42. The van der Waals surface area contributed by atoms with Gasteiger partial charge in [0, 0.05) is 33.7 Å². The molecular weight excluding hydrogens is 470 g/mol. The zero-order chi connectivity index (χ0) is 18.3. The summed E-state index contributed by atoms with van der Waals surface area (Å²) in [6.45, 7) is 1.28. The van der Waals surface area contributed by atoms with Crippen LogP contribution in [-0.4, -0.2) is 52.2 Å². The Balaban J connectivity index is 0.00000338. The van der Waals surface area contributed by atoms with Crippen molar-refractivity contribution in [3.63, 3.8) is 0 Å². The van der Waals surface area contributed by atoms with Gasteiger partial charge in [0.15, 0.2) is 5.96 Å². The number of rotatable bonds is 8. The Hall–Kier alpha value is -0.940. The molecule has 1 fully saturated rings. The lowest BCUT2D eigenvalue weighted by Gasteiger charge is -2.25. The second kappa shape index (κ2) is 11.0. The van der Waals surface area contributed by atoms with E-state index in [9.17, 15) is 12.8 Å². The van der Waals surface area contributed by atoms with Crippen LogP contribution in [0.1, 0.15) is 24.8 Å². The van der Waals surface area contributed by atoms with Crippen LogP contribution in [0.3, 0.4) is 0 Å². The minimum absolute atomic E-state index is 0. The van der Waals surface area contributed by atoms with E-state index in [0.717, 1.165) is 18.4 Å². The molecule has 0 radical (unpaired) electrons. The van der Waals surface area contributed by atoms with E-state index in [1.165, 1.54) is 18.6 Å². The van der Waals surface area contributed by atoms with Crippen molar-refractivity contribution in [2.45, 2.75) is 25.8 Å². The Kier molecular flexibility index (Phi) is 9.80. The monoisotopic (exact) mass is 498 g/mol. The summed E-state index contributed by atoms with van der Waals surface area (Å²) >= 11 is 0. The highest BCUT2D eigenvalue weighted by molar-refractivity contribution is 14.0. The summed E-state index contributed by atoms with van der Waals surface area (Å²) in [6.07, 6.45) is 3.42. The molecule has 1 saturated carbocycles. The Morgan fingerprint density at radius 2 is 2.12 bits per heavy atom. The van der Waals surface area contributed by atoms with E-state index < -0.39 is 10.0 Å². The van der Waals surface area contributed by atoms with Crippen LogP contribution in [0.5, 0.6) is 0 Å². The van der Waals surface area contributed by atoms with Gasteiger partial charge in [-0.2, -0.15) is 0 Å². The van der Waals surface area contributed by atoms with E-state index in [0.29, 0.717) is 25.0 Å². The fourth-order valence-corrected chi connectivity index (χ4v) is 3.68. The minimum Gasteiger partial charge on any atom is -0.355 e. The quantitative estimate of drug-likeness (QED) is 0.328. The smallest absolute Gasteiger partial charge is 0.213 e. The molecule has 0 atom stereocenters. The van der Waals surface area contributed by atoms with Crippen molar-refractivity contribution in [2.75, 3.05) is 32.9 Å². The number of hydrogen-bond donors (Lipinski definition) is 2. The van der Waals surface area contributed by atoms with Crippen LogP contribution in [0.4, 0.5) is 4.39 Å². The van der Waals surface area contributed by atoms with Gasteiger partial charge in [0.2, 0.25) is 10.0 Å². The maximum atomic E-state index is 13.3. The molecule has 1 aliphatic rings. The normalized spacial score (nSPS) is 15.1. The number of aliphatic imine (C=N–C) groups is 1. The molecule has 0 amide bonds. The van der Waals surface area contributed by atoms with Gasteiger partial charge in [0.1, 0.15) is 5.82 Å². The van der Waals surface area contributed by atoms with Gasteiger partial charge in [0.25, 0.3) is 0 Å². The molecule has 0 saturated heterocycles. The first-order chi connectivity index (χ1) is 11.9. The van der Waals surface area contributed by atoms with E-state index >= 15 is 0 Å². The molecular formula is C17H28FIN4O2S. The third kappa shape index (κ3) is 7.75. The van der Waals surface area contributed by atoms with Gasteiger partial charge in [-0.1, -0.05) is 18.6 Å². The standard InChI is InChI=1S/C17H27FN4O2S.HI/c1-19-17(22(2)13-15-7-4-8-16(18)11-15)20-9-10-25(23,24)21-12-14-5-3-6-14;/h4,7-8,11,14,21H,3,5-6,9-10,12-13H2,1-2H3,(H,19,20);1H. The molecule has 26 heavy (non-hydrogen) atoms. The summed E-state index contributed by atoms with van der Waals surface area (Å²) in [5.41, 5.74) is 0.820. The molecule has 1 aromatic carbocycles. The van der Waals surface area contributed by atoms with E-state index in [1.54, 1.807) is 13.1 Å². The summed E-state index contributed by atoms with van der Waals surface area (Å²) < 4.78 is 39.9. The largest absolute Gasteiger partial charge is 0.355 e. The molecule has 0 aromatic heterocycles. The number of nitrogens with one attached hydrogen (secondary N) is 2. The average Bonchev–Trinajstić information content (AvgIpc) is 2.49. The summed E-state index contributed by atoms with van der Waals surface area (Å²) in [7, 11) is 0.173. The molecule has 1 aliphatic carbocycles. The van der Waals surface area contributed by atoms with Crippen molar-refractivity contribution in [2.24, 2.45) is 10.9 Å². The predicted octanol–water partition coefficient (Wildman–Crippen LogP) is 2.17. The van der Waals surface area contributed by atoms with Crippen LogP contribution in [0, 0.1) is 11.7 Å². The molecule has 148 valence electrons. The first kappa shape index (κ1) is 23.1. The average molecular weight is 498 g/mol. The van der Waals surface area contributed by atoms with Crippen LogP contribution < -0.4 is 10.0 Å². The maximum absolute atomic E-state index is 13.3. The highest BCUT2D eigenvalue weighted by Crippen LogP contribution is 2.25. The third-order valence-electron chi connectivity index (χ3n) is 4.35. The van der Waals surface area contributed by atoms with Crippen molar-refractivity contribution in [1.29, 1.82) is 0 Å². The Labute approximate surface area is 172 Å². The number of nitrogens with zero attached hydrogens (tertiary/aromatic N) is 2. The molecule has 9 heteroatoms. The van der Waals surface area contributed by atoms with Gasteiger partial charge in [-0.25, -0.2) is 17.5 Å². The first-order valence-corrected chi connectivity index (χ1v) is 10.2. The molecule has 0 bridgehead atoms. The molecule has 2 rings (SSSR count). The summed E-state index contributed by atoms with van der Waals surface area (Å²) in [4.78, 5) is 5.97. The number of guanidine groups is 1. The van der Waals surface area contributed by atoms with Crippen LogP contribution >= 0.6 is 24.0 Å². The van der Waals surface area contributed by atoms with Crippen molar-refractivity contribution in [3.05, 3.63) is 35.6 Å². The topological polar surface area (TPSA) is 73.8 Å². The molecule has 0 aliphatic heterocycles. The van der Waals surface area contributed by atoms with Crippen LogP contribution in [0.15, 0.2) is 29.3 Å². The number of hydrogen-bond acceptors (Lipinski definition) is 3. The lowest BCUT2D eigenvalue weighted by atomic mass is 9.86.